The lowest BCUT2D eigenvalue weighted by Gasteiger charge is -2.19. The summed E-state index contributed by atoms with van der Waals surface area (Å²) in [4.78, 5) is 11.5. The van der Waals surface area contributed by atoms with E-state index in [2.05, 4.69) is 60.8 Å². The van der Waals surface area contributed by atoms with Crippen LogP contribution in [0.1, 0.15) is 91.9 Å². The van der Waals surface area contributed by atoms with E-state index in [0.29, 0.717) is 6.54 Å². The number of rotatable bonds is 17. The zero-order valence-corrected chi connectivity index (χ0v) is 19.4. The molecule has 0 aliphatic heterocycles. The number of ether oxygens (including phenoxy) is 1. The van der Waals surface area contributed by atoms with Crippen molar-refractivity contribution in [2.45, 2.75) is 97.5 Å². The summed E-state index contributed by atoms with van der Waals surface area (Å²) in [5, 5.41) is 3.14. The van der Waals surface area contributed by atoms with E-state index in [4.69, 9.17) is 4.74 Å². The number of carbonyl (C=O) groups excluding carboxylic acids is 1. The largest absolute Gasteiger partial charge is 0.459 e. The van der Waals surface area contributed by atoms with E-state index in [9.17, 15) is 4.79 Å². The summed E-state index contributed by atoms with van der Waals surface area (Å²) in [6.07, 6.45) is 29.5. The molecule has 0 heterocycles. The number of nitrogens with one attached hydrogen (secondary N) is 1. The Kier molecular flexibility index (Phi) is 18.6. The van der Waals surface area contributed by atoms with Crippen LogP contribution >= 0.6 is 0 Å². The molecule has 1 N–H and O–H groups in total. The number of allylic oxidation sites excluding steroid dienone is 8. The van der Waals surface area contributed by atoms with Crippen LogP contribution in [0.25, 0.3) is 0 Å². The molecular formula is C26H45NO2. The molecule has 0 aliphatic rings. The first-order chi connectivity index (χ1) is 14.0. The first-order valence-electron chi connectivity index (χ1n) is 11.5. The van der Waals surface area contributed by atoms with Crippen LogP contribution in [0.5, 0.6) is 0 Å². The molecular weight excluding hydrogens is 358 g/mol. The molecule has 0 aromatic heterocycles. The fourth-order valence-corrected chi connectivity index (χ4v) is 2.64. The fourth-order valence-electron chi connectivity index (χ4n) is 2.64. The standard InChI is InChI=1S/C26H45NO2/c1-5-6-7-8-9-10-11-12-13-14-15-16-17-18-19-20-21-22-23-27-24-25(28)29-26(2,3)4/h9-10,12-13,15-16,18-19,27H,5-8,11,14,17,20-24H2,1-4H3/b10-9-,13-12-,16-15-,19-18-. The van der Waals surface area contributed by atoms with Gasteiger partial charge in [-0.15, -0.1) is 0 Å². The van der Waals surface area contributed by atoms with Crippen molar-refractivity contribution in [2.24, 2.45) is 0 Å². The molecule has 3 nitrogen and oxygen atoms in total. The smallest absolute Gasteiger partial charge is 0.320 e. The lowest BCUT2D eigenvalue weighted by Crippen LogP contribution is -2.31. The quantitative estimate of drug-likeness (QED) is 0.160. The Balaban J connectivity index is 3.45. The third-order valence-corrected chi connectivity index (χ3v) is 4.12. The van der Waals surface area contributed by atoms with Crippen molar-refractivity contribution in [3.05, 3.63) is 48.6 Å². The second-order valence-electron chi connectivity index (χ2n) is 8.35. The average Bonchev–Trinajstić information content (AvgIpc) is 2.65. The molecule has 0 saturated heterocycles. The number of carbonyl (C=O) groups is 1. The highest BCUT2D eigenvalue weighted by atomic mass is 16.6. The van der Waals surface area contributed by atoms with Crippen molar-refractivity contribution < 1.29 is 9.53 Å². The van der Waals surface area contributed by atoms with Gasteiger partial charge in [-0.1, -0.05) is 68.4 Å². The van der Waals surface area contributed by atoms with Crippen LogP contribution in [-0.4, -0.2) is 24.7 Å². The highest BCUT2D eigenvalue weighted by molar-refractivity contribution is 5.72. The van der Waals surface area contributed by atoms with Crippen molar-refractivity contribution in [1.29, 1.82) is 0 Å². The maximum absolute atomic E-state index is 11.5. The molecule has 0 spiro atoms. The van der Waals surface area contributed by atoms with Crippen LogP contribution in [-0.2, 0) is 9.53 Å². The number of hydrogen-bond acceptors (Lipinski definition) is 3. The van der Waals surface area contributed by atoms with Crippen molar-refractivity contribution in [3.63, 3.8) is 0 Å². The fraction of sp³-hybridized carbons (Fsp3) is 0.654. The van der Waals surface area contributed by atoms with Crippen LogP contribution in [0.15, 0.2) is 48.6 Å². The molecule has 0 aliphatic carbocycles. The number of hydrogen-bond donors (Lipinski definition) is 1. The summed E-state index contributed by atoms with van der Waals surface area (Å²) < 4.78 is 5.25. The van der Waals surface area contributed by atoms with Gasteiger partial charge in [0.15, 0.2) is 0 Å². The minimum absolute atomic E-state index is 0.182. The summed E-state index contributed by atoms with van der Waals surface area (Å²) in [6, 6.07) is 0. The zero-order valence-electron chi connectivity index (χ0n) is 19.4. The Morgan fingerprint density at radius 3 is 1.72 bits per heavy atom. The van der Waals surface area contributed by atoms with Crippen LogP contribution in [0.2, 0.25) is 0 Å². The molecule has 0 fully saturated rings. The summed E-state index contributed by atoms with van der Waals surface area (Å²) in [7, 11) is 0. The first-order valence-corrected chi connectivity index (χ1v) is 11.5. The van der Waals surface area contributed by atoms with Crippen LogP contribution in [0.4, 0.5) is 0 Å². The highest BCUT2D eigenvalue weighted by Crippen LogP contribution is 2.06. The predicted molar refractivity (Wildman–Crippen MR) is 127 cm³/mol. The van der Waals surface area contributed by atoms with Gasteiger partial charge in [-0.05, 0) is 78.7 Å². The van der Waals surface area contributed by atoms with Gasteiger partial charge in [0.1, 0.15) is 5.60 Å². The van der Waals surface area contributed by atoms with Gasteiger partial charge in [0.25, 0.3) is 0 Å². The van der Waals surface area contributed by atoms with Gasteiger partial charge >= 0.3 is 5.97 Å². The Hall–Kier alpha value is -1.61. The first kappa shape index (κ1) is 27.4. The van der Waals surface area contributed by atoms with Gasteiger partial charge in [0.05, 0.1) is 6.54 Å². The third kappa shape index (κ3) is 24.4. The van der Waals surface area contributed by atoms with Crippen molar-refractivity contribution in [2.75, 3.05) is 13.1 Å². The van der Waals surface area contributed by atoms with Gasteiger partial charge in [0, 0.05) is 0 Å². The van der Waals surface area contributed by atoms with E-state index in [-0.39, 0.29) is 5.97 Å². The Labute approximate surface area is 180 Å². The summed E-state index contributed by atoms with van der Waals surface area (Å²) in [6.45, 7) is 9.05. The van der Waals surface area contributed by atoms with Crippen molar-refractivity contribution in [1.82, 2.24) is 5.32 Å². The normalized spacial score (nSPS) is 12.8. The molecule has 0 atom stereocenters. The zero-order chi connectivity index (χ0) is 21.6. The molecule has 0 radical (unpaired) electrons. The monoisotopic (exact) mass is 403 g/mol. The van der Waals surface area contributed by atoms with Gasteiger partial charge in [-0.3, -0.25) is 4.79 Å². The summed E-state index contributed by atoms with van der Waals surface area (Å²) in [5.41, 5.74) is -0.404. The summed E-state index contributed by atoms with van der Waals surface area (Å²) >= 11 is 0. The molecule has 29 heavy (non-hydrogen) atoms. The van der Waals surface area contributed by atoms with Crippen LogP contribution in [0.3, 0.4) is 0 Å². The molecule has 3 heteroatoms. The Bertz CT molecular complexity index is 495. The van der Waals surface area contributed by atoms with Crippen LogP contribution < -0.4 is 5.32 Å². The van der Waals surface area contributed by atoms with E-state index in [1.165, 1.54) is 25.7 Å². The van der Waals surface area contributed by atoms with Gasteiger partial charge in [-0.25, -0.2) is 0 Å². The Morgan fingerprint density at radius 2 is 1.24 bits per heavy atom. The Morgan fingerprint density at radius 1 is 0.759 bits per heavy atom. The van der Waals surface area contributed by atoms with Gasteiger partial charge in [0.2, 0.25) is 0 Å². The lowest BCUT2D eigenvalue weighted by molar-refractivity contribution is -0.153. The molecule has 0 rings (SSSR count). The minimum atomic E-state index is -0.404. The van der Waals surface area contributed by atoms with Crippen LogP contribution in [0, 0.1) is 0 Å². The molecule has 0 amide bonds. The predicted octanol–water partition coefficient (Wildman–Crippen LogP) is 7.06. The van der Waals surface area contributed by atoms with Gasteiger partial charge < -0.3 is 10.1 Å². The number of unbranched alkanes of at least 4 members (excludes halogenated alkanes) is 5. The average molecular weight is 404 g/mol. The second kappa shape index (κ2) is 19.7. The van der Waals surface area contributed by atoms with E-state index in [1.54, 1.807) is 0 Å². The maximum Gasteiger partial charge on any atom is 0.320 e. The molecule has 0 saturated carbocycles. The molecule has 0 unspecified atom stereocenters. The molecule has 166 valence electrons. The molecule has 0 aromatic rings. The molecule has 0 aromatic carbocycles. The van der Waals surface area contributed by atoms with E-state index >= 15 is 0 Å². The van der Waals surface area contributed by atoms with E-state index < -0.39 is 5.60 Å². The SMILES string of the molecule is CCCCC/C=C\C/C=C\C/C=C\C/C=C\CCCCNCC(=O)OC(C)(C)C. The number of esters is 1. The van der Waals surface area contributed by atoms with Gasteiger partial charge in [-0.2, -0.15) is 0 Å². The topological polar surface area (TPSA) is 38.3 Å². The molecule has 0 bridgehead atoms. The third-order valence-electron chi connectivity index (χ3n) is 4.12. The van der Waals surface area contributed by atoms with Crippen molar-refractivity contribution >= 4 is 5.97 Å². The summed E-state index contributed by atoms with van der Waals surface area (Å²) in [5.74, 6) is -0.182. The maximum atomic E-state index is 11.5. The van der Waals surface area contributed by atoms with Crippen molar-refractivity contribution in [3.8, 4) is 0 Å². The van der Waals surface area contributed by atoms with E-state index in [1.807, 2.05) is 20.8 Å². The van der Waals surface area contributed by atoms with E-state index in [0.717, 1.165) is 45.1 Å². The highest BCUT2D eigenvalue weighted by Gasteiger charge is 2.15. The lowest BCUT2D eigenvalue weighted by atomic mass is 10.2. The minimum Gasteiger partial charge on any atom is -0.459 e. The second-order valence-corrected chi connectivity index (χ2v) is 8.35.